The number of rotatable bonds is 8. The third kappa shape index (κ3) is 5.42. The number of aryl methyl sites for hydroxylation is 2. The van der Waals surface area contributed by atoms with Crippen molar-refractivity contribution in [3.05, 3.63) is 130 Å². The van der Waals surface area contributed by atoms with Crippen molar-refractivity contribution in [3.8, 4) is 11.5 Å². The normalized spacial score (nSPS) is 25.3. The Hall–Kier alpha value is -5.59. The van der Waals surface area contributed by atoms with Gasteiger partial charge in [0.1, 0.15) is 24.0 Å². The van der Waals surface area contributed by atoms with Gasteiger partial charge < -0.3 is 16.0 Å². The second-order valence-corrected chi connectivity index (χ2v) is 13.4. The molecule has 7 rings (SSSR count). The highest BCUT2D eigenvalue weighted by Crippen LogP contribution is 2.54. The molecule has 0 radical (unpaired) electrons. The van der Waals surface area contributed by atoms with E-state index in [0.717, 1.165) is 6.20 Å². The summed E-state index contributed by atoms with van der Waals surface area (Å²) >= 11 is 0. The van der Waals surface area contributed by atoms with Gasteiger partial charge >= 0.3 is 5.69 Å². The molecular weight excluding hydrogens is 657 g/mol. The highest BCUT2D eigenvalue weighted by Gasteiger charge is 2.56. The molecule has 1 aliphatic carbocycles. The number of carbonyl (C=O) groups is 1. The predicted octanol–water partition coefficient (Wildman–Crippen LogP) is 5.39. The van der Waals surface area contributed by atoms with Gasteiger partial charge in [0.25, 0.3) is 5.91 Å². The number of alkyl halides is 2. The maximum atomic E-state index is 17.0. The third-order valence-electron chi connectivity index (χ3n) is 10.3. The zero-order valence-electron chi connectivity index (χ0n) is 28.7. The summed E-state index contributed by atoms with van der Waals surface area (Å²) in [5.74, 6) is -0.662. The lowest BCUT2D eigenvalue weighted by Crippen LogP contribution is -2.47. The van der Waals surface area contributed by atoms with E-state index in [9.17, 15) is 18.4 Å². The number of nitrogens with one attached hydrogen (secondary N) is 1. The smallest absolute Gasteiger partial charge is 0.338 e. The molecule has 3 N–H and O–H groups in total. The van der Waals surface area contributed by atoms with Crippen molar-refractivity contribution in [2.75, 3.05) is 13.7 Å². The van der Waals surface area contributed by atoms with Crippen molar-refractivity contribution >= 4 is 17.3 Å². The maximum Gasteiger partial charge on any atom is 0.338 e. The van der Waals surface area contributed by atoms with Crippen molar-refractivity contribution in [1.82, 2.24) is 29.1 Å². The van der Waals surface area contributed by atoms with Crippen LogP contribution in [0.1, 0.15) is 47.9 Å². The van der Waals surface area contributed by atoms with E-state index in [1.807, 2.05) is 37.3 Å². The van der Waals surface area contributed by atoms with Gasteiger partial charge in [-0.2, -0.15) is 5.10 Å². The number of hydrogen-bond donors (Lipinski definition) is 2. The van der Waals surface area contributed by atoms with E-state index in [1.54, 1.807) is 30.9 Å². The van der Waals surface area contributed by atoms with Crippen LogP contribution in [0, 0.1) is 31.5 Å². The van der Waals surface area contributed by atoms with E-state index in [1.165, 1.54) is 45.4 Å². The number of hydrogen-bond acceptors (Lipinski definition) is 6. The number of benzene rings is 1. The van der Waals surface area contributed by atoms with E-state index in [4.69, 9.17) is 10.8 Å². The predicted molar refractivity (Wildman–Crippen MR) is 190 cm³/mol. The molecule has 2 bridgehead atoms. The van der Waals surface area contributed by atoms with Crippen LogP contribution in [0.5, 0.6) is 0 Å². The minimum Gasteiger partial charge on any atom is -0.404 e. The average molecular weight is 697 g/mol. The Morgan fingerprint density at radius 2 is 1.90 bits per heavy atom. The highest BCUT2D eigenvalue weighted by atomic mass is 19.1. The lowest BCUT2D eigenvalue weighted by molar-refractivity contribution is -0.133. The van der Waals surface area contributed by atoms with E-state index < -0.39 is 30.6 Å². The van der Waals surface area contributed by atoms with Crippen molar-refractivity contribution in [2.24, 2.45) is 22.6 Å². The summed E-state index contributed by atoms with van der Waals surface area (Å²) in [5, 5.41) is 8.09. The Kier molecular flexibility index (Phi) is 8.60. The summed E-state index contributed by atoms with van der Waals surface area (Å²) in [6.07, 6.45) is 15.7. The van der Waals surface area contributed by atoms with Gasteiger partial charge in [0.15, 0.2) is 6.17 Å². The summed E-state index contributed by atoms with van der Waals surface area (Å²) < 4.78 is 49.4. The number of fused-ring (bicyclic) bond motifs is 5. The Morgan fingerprint density at radius 1 is 1.18 bits per heavy atom. The molecule has 1 aromatic carbocycles. The second kappa shape index (κ2) is 12.9. The number of nitrogens with two attached hydrogens (primary N) is 1. The quantitative estimate of drug-likeness (QED) is 0.242. The molecule has 6 atom stereocenters. The molecule has 264 valence electrons. The van der Waals surface area contributed by atoms with Gasteiger partial charge in [0.2, 0.25) is 0 Å². The minimum absolute atomic E-state index is 0.00359. The fourth-order valence-electron chi connectivity index (χ4n) is 7.79. The molecule has 13 heteroatoms. The molecule has 51 heavy (non-hydrogen) atoms. The maximum absolute atomic E-state index is 17.0. The van der Waals surface area contributed by atoms with Crippen LogP contribution in [0.25, 0.3) is 17.2 Å². The first kappa shape index (κ1) is 33.9. The Morgan fingerprint density at radius 3 is 2.57 bits per heavy atom. The summed E-state index contributed by atoms with van der Waals surface area (Å²) in [6.45, 7) is 8.38. The van der Waals surface area contributed by atoms with E-state index in [-0.39, 0.29) is 58.1 Å². The molecule has 5 heterocycles. The first-order valence-corrected chi connectivity index (χ1v) is 16.8. The molecule has 10 nitrogen and oxygen atoms in total. The molecule has 2 aromatic heterocycles. The summed E-state index contributed by atoms with van der Waals surface area (Å²) in [4.78, 5) is 34.3. The number of carbonyl (C=O) groups excluding carboxylic acids is 1. The highest BCUT2D eigenvalue weighted by molar-refractivity contribution is 6.09. The number of imidazole rings is 1. The molecular formula is C38H39F3N8O2. The van der Waals surface area contributed by atoms with Crippen molar-refractivity contribution in [1.29, 1.82) is 0 Å². The summed E-state index contributed by atoms with van der Waals surface area (Å²) in [5.41, 5.74) is 7.78. The molecule has 1 fully saturated rings. The molecule has 0 saturated carbocycles. The van der Waals surface area contributed by atoms with Crippen LogP contribution in [0.15, 0.2) is 101 Å². The van der Waals surface area contributed by atoms with Gasteiger partial charge in [0.05, 0.1) is 35.2 Å². The third-order valence-corrected chi connectivity index (χ3v) is 10.3. The van der Waals surface area contributed by atoms with E-state index in [2.05, 4.69) is 16.9 Å². The number of nitrogens with zero attached hydrogens (tertiary/aromatic N) is 6. The van der Waals surface area contributed by atoms with Gasteiger partial charge in [-0.05, 0) is 67.7 Å². The average Bonchev–Trinajstić information content (AvgIpc) is 3.89. The Labute approximate surface area is 293 Å². The zero-order chi connectivity index (χ0) is 36.3. The summed E-state index contributed by atoms with van der Waals surface area (Å²) in [7, 11) is 1.49. The van der Waals surface area contributed by atoms with Crippen LogP contribution in [0.4, 0.5) is 13.2 Å². The Balaban J connectivity index is 1.37. The molecule has 1 amide bonds. The lowest BCUT2D eigenvalue weighted by Gasteiger charge is -2.37. The van der Waals surface area contributed by atoms with Crippen molar-refractivity contribution in [2.45, 2.75) is 51.5 Å². The van der Waals surface area contributed by atoms with Gasteiger partial charge in [-0.3, -0.25) is 18.9 Å². The van der Waals surface area contributed by atoms with Crippen molar-refractivity contribution in [3.63, 3.8) is 0 Å². The van der Waals surface area contributed by atoms with Crippen LogP contribution in [-0.2, 0) is 4.79 Å². The Bertz CT molecular complexity index is 2180. The SMILES string of the molecule is C=C(/C=C\C(=NC)/C(=C\N)CF)n1ccn(-c2c3c(nn2-c2cc(C)c(F)c(C)c2)C(F)C2C(C)CC3N2C(=O)C2=CC3C=CC=CC3N2)c1=O. The van der Waals surface area contributed by atoms with Crippen LogP contribution >= 0.6 is 0 Å². The van der Waals surface area contributed by atoms with Gasteiger partial charge in [-0.15, -0.1) is 0 Å². The number of allylic oxidation sites excluding steroid dienone is 6. The molecule has 3 aliphatic heterocycles. The molecule has 6 unspecified atom stereocenters. The molecule has 4 aliphatic rings. The zero-order valence-corrected chi connectivity index (χ0v) is 28.7. The van der Waals surface area contributed by atoms with Crippen molar-refractivity contribution < 1.29 is 18.0 Å². The van der Waals surface area contributed by atoms with Crippen LogP contribution in [0.3, 0.4) is 0 Å². The lowest BCUT2D eigenvalue weighted by atomic mass is 9.95. The minimum atomic E-state index is -1.66. The van der Waals surface area contributed by atoms with Gasteiger partial charge in [-0.25, -0.2) is 22.6 Å². The second-order valence-electron chi connectivity index (χ2n) is 13.4. The van der Waals surface area contributed by atoms with Crippen LogP contribution in [0.2, 0.25) is 0 Å². The van der Waals surface area contributed by atoms with Crippen LogP contribution < -0.4 is 16.7 Å². The molecule has 0 spiro atoms. The first-order chi connectivity index (χ1) is 24.5. The largest absolute Gasteiger partial charge is 0.404 e. The summed E-state index contributed by atoms with van der Waals surface area (Å²) in [6, 6.07) is 1.74. The number of aromatic nitrogens is 4. The number of amides is 1. The monoisotopic (exact) mass is 696 g/mol. The fraction of sp³-hybridized carbons (Fsp3) is 0.316. The molecule has 1 saturated heterocycles. The fourth-order valence-corrected chi connectivity index (χ4v) is 7.79. The van der Waals surface area contributed by atoms with Gasteiger partial charge in [0, 0.05) is 48.4 Å². The standard InChI is InChI=1S/C38H39F3N8O2/c1-20-14-26(15-21(2)32(20)40)49-36(47-13-12-46(38(47)51)23(4)10-11-27(43-5)25(18-39)19-42)31-30-16-22(3)35(33(41)34(31)45-49)48(30)37(50)29-17-24-8-6-7-9-28(24)44-29/h6-15,17,19,22,24,28,30,33,35,44H,4,16,18,42H2,1-3,5H3/b11-10-,25-19-,43-27?. The first-order valence-electron chi connectivity index (χ1n) is 16.8. The van der Waals surface area contributed by atoms with Crippen LogP contribution in [-0.4, -0.2) is 61.2 Å². The topological polar surface area (TPSA) is 115 Å². The van der Waals surface area contributed by atoms with E-state index in [0.29, 0.717) is 34.5 Å². The number of aliphatic imine (C=N–C) groups is 1. The van der Waals surface area contributed by atoms with E-state index >= 15 is 4.39 Å². The molecule has 3 aromatic rings. The van der Waals surface area contributed by atoms with Gasteiger partial charge in [-0.1, -0.05) is 37.8 Å². The number of halogens is 3.